The van der Waals surface area contributed by atoms with Gasteiger partial charge in [-0.15, -0.1) is 0 Å². The Balaban J connectivity index is 1.45. The molecule has 5 rings (SSSR count). The van der Waals surface area contributed by atoms with E-state index in [0.717, 1.165) is 35.5 Å². The van der Waals surface area contributed by atoms with Gasteiger partial charge in [-0.05, 0) is 74.2 Å². The lowest BCUT2D eigenvalue weighted by molar-refractivity contribution is -0.137. The second kappa shape index (κ2) is 11.5. The average molecular weight is 569 g/mol. The summed E-state index contributed by atoms with van der Waals surface area (Å²) in [6, 6.07) is 10.4. The smallest absolute Gasteiger partial charge is 0.354 e. The minimum atomic E-state index is -4.45. The van der Waals surface area contributed by atoms with Crippen LogP contribution in [0.4, 0.5) is 23.4 Å². The van der Waals surface area contributed by atoms with Crippen LogP contribution in [0.3, 0.4) is 0 Å². The lowest BCUT2D eigenvalue weighted by Gasteiger charge is -2.24. The molecule has 41 heavy (non-hydrogen) atoms. The fourth-order valence-corrected chi connectivity index (χ4v) is 5.04. The van der Waals surface area contributed by atoms with E-state index in [1.165, 1.54) is 24.3 Å². The quantitative estimate of drug-likeness (QED) is 0.258. The van der Waals surface area contributed by atoms with E-state index in [1.54, 1.807) is 21.7 Å². The molecule has 216 valence electrons. The number of aromatic nitrogens is 4. The van der Waals surface area contributed by atoms with Crippen molar-refractivity contribution in [1.29, 1.82) is 0 Å². The van der Waals surface area contributed by atoms with Gasteiger partial charge in [-0.3, -0.25) is 4.79 Å². The minimum Gasteiger partial charge on any atom is -0.354 e. The Morgan fingerprint density at radius 1 is 0.951 bits per heavy atom. The SMILES string of the molecule is Cc1nn(-c2ccc(F)cc2)c2nc(CCC(C)C)nc(N3CCCN(C(=O)c4ccc(C(F)(F)F)cc4)CC3)c12. The lowest BCUT2D eigenvalue weighted by Crippen LogP contribution is -2.35. The molecule has 0 aliphatic carbocycles. The number of rotatable bonds is 6. The zero-order valence-corrected chi connectivity index (χ0v) is 23.2. The van der Waals surface area contributed by atoms with Crippen LogP contribution < -0.4 is 4.90 Å². The molecule has 1 aliphatic rings. The molecule has 7 nitrogen and oxygen atoms in total. The van der Waals surface area contributed by atoms with Gasteiger partial charge in [0.15, 0.2) is 5.65 Å². The molecule has 0 atom stereocenters. The Labute approximate surface area is 235 Å². The molecule has 2 aromatic heterocycles. The van der Waals surface area contributed by atoms with Gasteiger partial charge in [0.1, 0.15) is 17.5 Å². The molecule has 0 spiro atoms. The first kappa shape index (κ1) is 28.5. The van der Waals surface area contributed by atoms with Crippen molar-refractivity contribution in [1.82, 2.24) is 24.6 Å². The van der Waals surface area contributed by atoms with Gasteiger partial charge >= 0.3 is 6.18 Å². The van der Waals surface area contributed by atoms with Gasteiger partial charge in [0.2, 0.25) is 0 Å². The summed E-state index contributed by atoms with van der Waals surface area (Å²) in [4.78, 5) is 26.8. The zero-order valence-electron chi connectivity index (χ0n) is 23.2. The highest BCUT2D eigenvalue weighted by molar-refractivity contribution is 5.94. The summed E-state index contributed by atoms with van der Waals surface area (Å²) in [7, 11) is 0. The van der Waals surface area contributed by atoms with Crippen molar-refractivity contribution < 1.29 is 22.4 Å². The van der Waals surface area contributed by atoms with E-state index in [9.17, 15) is 22.4 Å². The number of nitrogens with zero attached hydrogens (tertiary/aromatic N) is 6. The lowest BCUT2D eigenvalue weighted by atomic mass is 10.1. The number of alkyl halides is 3. The molecule has 1 aliphatic heterocycles. The average Bonchev–Trinajstić information content (AvgIpc) is 3.10. The highest BCUT2D eigenvalue weighted by Gasteiger charge is 2.31. The summed E-state index contributed by atoms with van der Waals surface area (Å²) in [5.41, 5.74) is 1.50. The minimum absolute atomic E-state index is 0.225. The van der Waals surface area contributed by atoms with Gasteiger partial charge in [0, 0.05) is 38.2 Å². The number of halogens is 4. The van der Waals surface area contributed by atoms with Crippen LogP contribution in [0, 0.1) is 18.7 Å². The Morgan fingerprint density at radius 3 is 2.32 bits per heavy atom. The fourth-order valence-electron chi connectivity index (χ4n) is 5.04. The predicted octanol–water partition coefficient (Wildman–Crippen LogP) is 6.22. The van der Waals surface area contributed by atoms with Crippen LogP contribution in [0.1, 0.15) is 54.1 Å². The maximum atomic E-state index is 13.6. The van der Waals surface area contributed by atoms with E-state index in [1.807, 2.05) is 6.92 Å². The first-order valence-electron chi connectivity index (χ1n) is 13.7. The van der Waals surface area contributed by atoms with Crippen molar-refractivity contribution in [2.24, 2.45) is 5.92 Å². The normalized spacial score (nSPS) is 14.6. The summed E-state index contributed by atoms with van der Waals surface area (Å²) in [5, 5.41) is 5.53. The van der Waals surface area contributed by atoms with Crippen LogP contribution in [0.5, 0.6) is 0 Å². The molecule has 2 aromatic carbocycles. The fraction of sp³-hybridized carbons (Fsp3) is 0.400. The Kier molecular flexibility index (Phi) is 7.97. The third kappa shape index (κ3) is 6.18. The molecule has 4 aromatic rings. The third-order valence-corrected chi connectivity index (χ3v) is 7.29. The van der Waals surface area contributed by atoms with Gasteiger partial charge in [-0.2, -0.15) is 18.3 Å². The zero-order chi connectivity index (χ0) is 29.3. The second-order valence-electron chi connectivity index (χ2n) is 10.8. The van der Waals surface area contributed by atoms with Crippen LogP contribution in [-0.4, -0.2) is 56.7 Å². The van der Waals surface area contributed by atoms with E-state index in [2.05, 4.69) is 18.7 Å². The van der Waals surface area contributed by atoms with E-state index in [4.69, 9.17) is 15.1 Å². The number of amides is 1. The maximum absolute atomic E-state index is 13.6. The highest BCUT2D eigenvalue weighted by Crippen LogP contribution is 2.31. The molecule has 11 heteroatoms. The molecule has 0 saturated carbocycles. The number of fused-ring (bicyclic) bond motifs is 1. The van der Waals surface area contributed by atoms with Crippen molar-refractivity contribution in [3.05, 3.63) is 77.0 Å². The van der Waals surface area contributed by atoms with Gasteiger partial charge in [-0.1, -0.05) is 13.8 Å². The summed E-state index contributed by atoms with van der Waals surface area (Å²) in [6.45, 7) is 8.15. The van der Waals surface area contributed by atoms with E-state index in [-0.39, 0.29) is 17.3 Å². The number of aryl methyl sites for hydroxylation is 2. The highest BCUT2D eigenvalue weighted by atomic mass is 19.4. The number of anilines is 1. The van der Waals surface area contributed by atoms with Crippen molar-refractivity contribution in [3.63, 3.8) is 0 Å². The van der Waals surface area contributed by atoms with E-state index in [0.29, 0.717) is 62.1 Å². The Hall–Kier alpha value is -4.02. The molecular weight excluding hydrogens is 536 g/mol. The van der Waals surface area contributed by atoms with Crippen LogP contribution in [0.25, 0.3) is 16.7 Å². The van der Waals surface area contributed by atoms with Crippen molar-refractivity contribution in [3.8, 4) is 5.69 Å². The van der Waals surface area contributed by atoms with Crippen LogP contribution in [0.2, 0.25) is 0 Å². The van der Waals surface area contributed by atoms with Gasteiger partial charge in [0.25, 0.3) is 5.91 Å². The number of carbonyl (C=O) groups excluding carboxylic acids is 1. The van der Waals surface area contributed by atoms with Crippen molar-refractivity contribution in [2.75, 3.05) is 31.1 Å². The van der Waals surface area contributed by atoms with Gasteiger partial charge in [-0.25, -0.2) is 19.0 Å². The number of benzene rings is 2. The third-order valence-electron chi connectivity index (χ3n) is 7.29. The second-order valence-corrected chi connectivity index (χ2v) is 10.8. The first-order valence-corrected chi connectivity index (χ1v) is 13.7. The van der Waals surface area contributed by atoms with Gasteiger partial charge < -0.3 is 9.80 Å². The van der Waals surface area contributed by atoms with Crippen molar-refractivity contribution >= 4 is 22.8 Å². The van der Waals surface area contributed by atoms with Gasteiger partial charge in [0.05, 0.1) is 22.3 Å². The predicted molar refractivity (Wildman–Crippen MR) is 149 cm³/mol. The number of carbonyl (C=O) groups is 1. The molecule has 1 amide bonds. The molecule has 3 heterocycles. The summed E-state index contributed by atoms with van der Waals surface area (Å²) >= 11 is 0. The molecule has 0 N–H and O–H groups in total. The number of hydrogen-bond acceptors (Lipinski definition) is 5. The number of hydrogen-bond donors (Lipinski definition) is 0. The molecular formula is C30H32F4N6O. The molecule has 1 fully saturated rings. The van der Waals surface area contributed by atoms with Crippen LogP contribution in [0.15, 0.2) is 48.5 Å². The maximum Gasteiger partial charge on any atom is 0.416 e. The Bertz CT molecular complexity index is 1530. The summed E-state index contributed by atoms with van der Waals surface area (Å²) in [6.07, 6.45) is -2.21. The van der Waals surface area contributed by atoms with Crippen LogP contribution >= 0.6 is 0 Å². The first-order chi connectivity index (χ1) is 19.5. The monoisotopic (exact) mass is 568 g/mol. The van der Waals surface area contributed by atoms with E-state index >= 15 is 0 Å². The molecule has 1 saturated heterocycles. The van der Waals surface area contributed by atoms with Crippen LogP contribution in [-0.2, 0) is 12.6 Å². The molecule has 0 bridgehead atoms. The standard InChI is InChI=1S/C30H32F4N6O/c1-19(2)5-14-25-35-27(26-20(3)37-40(28(26)36-25)24-12-10-23(31)11-13-24)38-15-4-16-39(18-17-38)29(41)21-6-8-22(9-7-21)30(32,33)34/h6-13,19H,4-5,14-18H2,1-3H3. The summed E-state index contributed by atoms with van der Waals surface area (Å²) < 4.78 is 54.3. The van der Waals surface area contributed by atoms with Crippen molar-refractivity contribution in [2.45, 2.75) is 46.2 Å². The summed E-state index contributed by atoms with van der Waals surface area (Å²) in [5.74, 6) is 1.25. The van der Waals surface area contributed by atoms with E-state index < -0.39 is 11.7 Å². The topological polar surface area (TPSA) is 67.2 Å². The molecule has 0 radical (unpaired) electrons. The largest absolute Gasteiger partial charge is 0.416 e. The Morgan fingerprint density at radius 2 is 1.66 bits per heavy atom. The molecule has 0 unspecified atom stereocenters.